The van der Waals surface area contributed by atoms with Crippen molar-refractivity contribution in [2.24, 2.45) is 0 Å². The lowest BCUT2D eigenvalue weighted by atomic mass is 9.12. The Morgan fingerprint density at radius 3 is 2.00 bits per heavy atom. The lowest BCUT2D eigenvalue weighted by molar-refractivity contribution is 3.55. The van der Waals surface area contributed by atoms with E-state index in [0.29, 0.717) is 4.66 Å². The zero-order chi connectivity index (χ0) is 5.86. The molecule has 0 nitrogen and oxygen atoms in total. The van der Waals surface area contributed by atoms with Gasteiger partial charge in [-0.25, -0.2) is 0 Å². The lowest BCUT2D eigenvalue weighted by Crippen LogP contribution is -2.30. The average Bonchev–Trinajstić information content (AvgIpc) is 1.65. The number of thiocarbonyl (C=S) groups is 1. The van der Waals surface area contributed by atoms with Crippen LogP contribution in [-0.4, -0.2) is 41.5 Å². The third-order valence-electron chi connectivity index (χ3n) is 0.493. The number of hydrogen-bond donors (Lipinski definition) is 0. The quantitative estimate of drug-likeness (QED) is 0.298. The normalized spacial score (nSPS) is 7.43. The van der Waals surface area contributed by atoms with Crippen LogP contribution < -0.4 is 0 Å². The second-order valence-electron chi connectivity index (χ2n) is 1.09. The molecule has 0 atom stereocenters. The SMILES string of the molecule is [B][B]C(=S)B([B])[B]. The monoisotopic (exact) mass is 99.0 g/mol. The molecule has 0 amide bonds. The standard InChI is InChI=1S/CB5S/c2-5-1(7)6(3)4. The van der Waals surface area contributed by atoms with Crippen LogP contribution in [0.5, 0.6) is 0 Å². The molecular weight excluding hydrogens is 98.1 g/mol. The summed E-state index contributed by atoms with van der Waals surface area (Å²) in [7, 11) is 16.3. The van der Waals surface area contributed by atoms with E-state index in [1.54, 1.807) is 0 Å². The van der Waals surface area contributed by atoms with Crippen LogP contribution in [0.1, 0.15) is 0 Å². The van der Waals surface area contributed by atoms with Gasteiger partial charge in [0.2, 0.25) is 0 Å². The summed E-state index contributed by atoms with van der Waals surface area (Å²) in [5.41, 5.74) is 0. The van der Waals surface area contributed by atoms with E-state index in [2.05, 4.69) is 12.2 Å². The molecule has 0 aliphatic carbocycles. The molecule has 6 heteroatoms. The van der Waals surface area contributed by atoms with Crippen molar-refractivity contribution in [2.45, 2.75) is 0 Å². The van der Waals surface area contributed by atoms with E-state index >= 15 is 0 Å². The summed E-state index contributed by atoms with van der Waals surface area (Å²) in [4.78, 5) is 0. The molecule has 0 aromatic heterocycles. The molecule has 0 N–H and O–H groups in total. The summed E-state index contributed by atoms with van der Waals surface area (Å²) < 4.78 is 0.389. The molecule has 0 saturated carbocycles. The molecule has 0 saturated heterocycles. The van der Waals surface area contributed by atoms with Crippen molar-refractivity contribution in [3.05, 3.63) is 0 Å². The van der Waals surface area contributed by atoms with Crippen molar-refractivity contribution in [1.82, 2.24) is 0 Å². The van der Waals surface area contributed by atoms with Crippen molar-refractivity contribution in [2.75, 3.05) is 0 Å². The van der Waals surface area contributed by atoms with Crippen LogP contribution in [0.3, 0.4) is 0 Å². The first kappa shape index (κ1) is 7.41. The van der Waals surface area contributed by atoms with Crippen LogP contribution in [0.25, 0.3) is 0 Å². The topological polar surface area (TPSA) is 0 Å². The van der Waals surface area contributed by atoms with E-state index in [0.717, 1.165) is 0 Å². The molecule has 7 heavy (non-hydrogen) atoms. The molecule has 25 valence electrons. The highest BCUT2D eigenvalue weighted by atomic mass is 32.1. The first-order chi connectivity index (χ1) is 3.18. The van der Waals surface area contributed by atoms with Crippen LogP contribution in [0.2, 0.25) is 0 Å². The fourth-order valence-corrected chi connectivity index (χ4v) is 0.111. The summed E-state index contributed by atoms with van der Waals surface area (Å²) in [6, 6.07) is 0. The molecule has 0 aliphatic rings. The predicted octanol–water partition coefficient (Wildman–Crippen LogP) is -1.53. The van der Waals surface area contributed by atoms with Crippen molar-refractivity contribution in [3.8, 4) is 0 Å². The number of hydrogen-bond acceptors (Lipinski definition) is 1. The molecule has 0 unspecified atom stereocenters. The van der Waals surface area contributed by atoms with Crippen LogP contribution in [0, 0.1) is 0 Å². The summed E-state index contributed by atoms with van der Waals surface area (Å²) in [5, 5.41) is 0. The van der Waals surface area contributed by atoms with E-state index < -0.39 is 6.49 Å². The zero-order valence-electron chi connectivity index (χ0n) is 3.79. The second-order valence-corrected chi connectivity index (χ2v) is 1.57. The van der Waals surface area contributed by atoms with Gasteiger partial charge in [-0.15, -0.1) is 16.9 Å². The largest absolute Gasteiger partial charge is 0.114 e. The van der Waals surface area contributed by atoms with Crippen LogP contribution in [0.4, 0.5) is 0 Å². The van der Waals surface area contributed by atoms with Gasteiger partial charge in [-0.2, -0.15) is 0 Å². The van der Waals surface area contributed by atoms with Gasteiger partial charge < -0.3 is 0 Å². The van der Waals surface area contributed by atoms with Gasteiger partial charge in [-0.3, -0.25) is 0 Å². The predicted molar refractivity (Wildman–Crippen MR) is 41.4 cm³/mol. The molecule has 0 aromatic rings. The minimum Gasteiger partial charge on any atom is -0.114 e. The molecule has 0 fully saturated rings. The van der Waals surface area contributed by atoms with Crippen LogP contribution in [0.15, 0.2) is 0 Å². The Morgan fingerprint density at radius 2 is 2.00 bits per heavy atom. The Morgan fingerprint density at radius 1 is 1.57 bits per heavy atom. The molecule has 0 heterocycles. The molecule has 0 bridgehead atoms. The lowest BCUT2D eigenvalue weighted by Gasteiger charge is -1.97. The smallest absolute Gasteiger partial charge is 0.0905 e. The van der Waals surface area contributed by atoms with Crippen LogP contribution >= 0.6 is 12.2 Å². The van der Waals surface area contributed by atoms with Gasteiger partial charge in [-0.1, -0.05) is 0 Å². The molecule has 0 spiro atoms. The van der Waals surface area contributed by atoms with Gasteiger partial charge in [-0.05, 0) is 0 Å². The second kappa shape index (κ2) is 3.42. The average molecular weight is 98.1 g/mol. The van der Waals surface area contributed by atoms with Gasteiger partial charge in [0.15, 0.2) is 0 Å². The summed E-state index contributed by atoms with van der Waals surface area (Å²) in [6.07, 6.45) is 0. The first-order valence-corrected chi connectivity index (χ1v) is 2.19. The van der Waals surface area contributed by atoms with Crippen molar-refractivity contribution in [1.29, 1.82) is 0 Å². The van der Waals surface area contributed by atoms with Gasteiger partial charge in [0.1, 0.15) is 0 Å². The summed E-state index contributed by atoms with van der Waals surface area (Å²) >= 11 is 4.55. The minimum absolute atomic E-state index is 0.389. The van der Waals surface area contributed by atoms with Crippen LogP contribution in [-0.2, 0) is 0 Å². The molecule has 0 aromatic carbocycles. The van der Waals surface area contributed by atoms with Crippen molar-refractivity contribution in [3.63, 3.8) is 0 Å². The van der Waals surface area contributed by atoms with E-state index in [1.165, 1.54) is 7.17 Å². The fraction of sp³-hybridized carbons (Fsp3) is 0. The number of rotatable bonds is 2. The Labute approximate surface area is 54.3 Å². The van der Waals surface area contributed by atoms with E-state index in [-0.39, 0.29) is 0 Å². The highest BCUT2D eigenvalue weighted by molar-refractivity contribution is 7.92. The molecule has 0 rings (SSSR count). The Bertz CT molecular complexity index is 68.5. The maximum Gasteiger partial charge on any atom is 0.0905 e. The molecule has 7 radical (unpaired) electrons. The van der Waals surface area contributed by atoms with Gasteiger partial charge in [0.25, 0.3) is 0 Å². The summed E-state index contributed by atoms with van der Waals surface area (Å²) in [5.74, 6) is 0. The summed E-state index contributed by atoms with van der Waals surface area (Å²) in [6.45, 7) is -0.583. The third-order valence-corrected chi connectivity index (χ3v) is 0.901. The zero-order valence-corrected chi connectivity index (χ0v) is 4.61. The Balaban J connectivity index is 3.35. The van der Waals surface area contributed by atoms with E-state index in [9.17, 15) is 0 Å². The molecule has 0 aliphatic heterocycles. The van der Waals surface area contributed by atoms with Crippen molar-refractivity contribution < 1.29 is 0 Å². The Kier molecular flexibility index (Phi) is 3.62. The Hall–Kier alpha value is 0.415. The maximum atomic E-state index is 5.07. The van der Waals surface area contributed by atoms with Gasteiger partial charge >= 0.3 is 0 Å². The third kappa shape index (κ3) is 3.04. The van der Waals surface area contributed by atoms with Crippen molar-refractivity contribution >= 4 is 53.8 Å². The maximum absolute atomic E-state index is 5.07. The van der Waals surface area contributed by atoms with Gasteiger partial charge in [0.05, 0.1) is 13.7 Å². The molecular formula is CB5S. The first-order valence-electron chi connectivity index (χ1n) is 1.78. The highest BCUT2D eigenvalue weighted by Gasteiger charge is 1.99. The van der Waals surface area contributed by atoms with E-state index in [1.807, 2.05) is 0 Å². The van der Waals surface area contributed by atoms with Gasteiger partial charge in [0, 0.05) is 23.2 Å². The van der Waals surface area contributed by atoms with E-state index in [4.69, 9.17) is 23.2 Å². The fourth-order valence-electron chi connectivity index (χ4n) is 0.111. The minimum atomic E-state index is -0.583. The highest BCUT2D eigenvalue weighted by Crippen LogP contribution is 1.71.